The van der Waals surface area contributed by atoms with Crippen LogP contribution in [0, 0.1) is 5.41 Å². The summed E-state index contributed by atoms with van der Waals surface area (Å²) in [6, 6.07) is 9.24. The third kappa shape index (κ3) is 2.52. The molecular formula is C17H22N2S. The van der Waals surface area contributed by atoms with Gasteiger partial charge in [-0.3, -0.25) is 0 Å². The van der Waals surface area contributed by atoms with Crippen LogP contribution in [-0.2, 0) is 19.4 Å². The predicted molar refractivity (Wildman–Crippen MR) is 85.0 cm³/mol. The fourth-order valence-electron chi connectivity index (χ4n) is 3.16. The van der Waals surface area contributed by atoms with Gasteiger partial charge in [-0.25, -0.2) is 4.98 Å². The summed E-state index contributed by atoms with van der Waals surface area (Å²) in [5, 5.41) is 4.93. The highest BCUT2D eigenvalue weighted by Gasteiger charge is 2.38. The van der Waals surface area contributed by atoms with Crippen LogP contribution in [0.4, 0.5) is 0 Å². The van der Waals surface area contributed by atoms with Crippen molar-refractivity contribution < 1.29 is 0 Å². The molecule has 0 saturated carbocycles. The fraction of sp³-hybridized carbons (Fsp3) is 0.471. The van der Waals surface area contributed by atoms with Gasteiger partial charge in [-0.05, 0) is 29.4 Å². The summed E-state index contributed by atoms with van der Waals surface area (Å²) in [6.07, 6.45) is 4.24. The van der Waals surface area contributed by atoms with Crippen LogP contribution in [0.2, 0.25) is 0 Å². The van der Waals surface area contributed by atoms with E-state index >= 15 is 0 Å². The van der Waals surface area contributed by atoms with Gasteiger partial charge in [0, 0.05) is 23.7 Å². The van der Waals surface area contributed by atoms with Gasteiger partial charge in [-0.2, -0.15) is 0 Å². The van der Waals surface area contributed by atoms with Gasteiger partial charge in [0.25, 0.3) is 0 Å². The summed E-state index contributed by atoms with van der Waals surface area (Å²) in [6.45, 7) is 7.75. The highest BCUT2D eigenvalue weighted by molar-refractivity contribution is 7.11. The van der Waals surface area contributed by atoms with E-state index in [9.17, 15) is 0 Å². The van der Waals surface area contributed by atoms with Crippen molar-refractivity contribution in [2.75, 3.05) is 0 Å². The molecule has 2 aromatic rings. The standard InChI is InChI=1S/C17H22N2S/c1-4-13-10-18-15(20-13)11-19-16-14-8-6-5-7-12(14)9-17(16,2)3/h5-8,10,16,19H,4,9,11H2,1-3H3. The molecule has 1 unspecified atom stereocenters. The van der Waals surface area contributed by atoms with Gasteiger partial charge >= 0.3 is 0 Å². The largest absolute Gasteiger partial charge is 0.303 e. The van der Waals surface area contributed by atoms with E-state index in [2.05, 4.69) is 55.3 Å². The second-order valence-electron chi connectivity index (χ2n) is 6.25. The number of fused-ring (bicyclic) bond motifs is 1. The Hall–Kier alpha value is -1.19. The highest BCUT2D eigenvalue weighted by Crippen LogP contribution is 2.45. The maximum absolute atomic E-state index is 4.51. The van der Waals surface area contributed by atoms with E-state index in [1.807, 2.05) is 17.5 Å². The summed E-state index contributed by atoms with van der Waals surface area (Å²) >= 11 is 1.82. The van der Waals surface area contributed by atoms with E-state index in [0.717, 1.165) is 19.4 Å². The zero-order chi connectivity index (χ0) is 14.2. The van der Waals surface area contributed by atoms with Crippen molar-refractivity contribution in [3.05, 3.63) is 51.5 Å². The Balaban J connectivity index is 1.76. The number of nitrogens with zero attached hydrogens (tertiary/aromatic N) is 1. The Bertz CT molecular complexity index is 601. The normalized spacial score (nSPS) is 20.1. The van der Waals surface area contributed by atoms with E-state index < -0.39 is 0 Å². The molecule has 0 fully saturated rings. The molecule has 1 aromatic heterocycles. The molecule has 0 aliphatic heterocycles. The molecule has 1 aliphatic carbocycles. The molecule has 20 heavy (non-hydrogen) atoms. The van der Waals surface area contributed by atoms with Crippen LogP contribution in [0.1, 0.15) is 47.8 Å². The number of hydrogen-bond acceptors (Lipinski definition) is 3. The van der Waals surface area contributed by atoms with Crippen LogP contribution in [0.5, 0.6) is 0 Å². The molecule has 1 aliphatic rings. The molecule has 3 heteroatoms. The first-order valence-corrected chi connectivity index (χ1v) is 8.16. The van der Waals surface area contributed by atoms with Crippen molar-refractivity contribution in [3.8, 4) is 0 Å². The minimum atomic E-state index is 0.272. The van der Waals surface area contributed by atoms with Gasteiger partial charge in [-0.1, -0.05) is 45.0 Å². The first kappa shape index (κ1) is 13.8. The lowest BCUT2D eigenvalue weighted by Crippen LogP contribution is -2.30. The predicted octanol–water partition coefficient (Wildman–Crippen LogP) is 4.12. The first-order valence-electron chi connectivity index (χ1n) is 7.35. The maximum atomic E-state index is 4.51. The number of benzene rings is 1. The molecule has 1 N–H and O–H groups in total. The molecule has 106 valence electrons. The topological polar surface area (TPSA) is 24.9 Å². The Kier molecular flexibility index (Phi) is 3.65. The molecule has 1 aromatic carbocycles. The molecule has 0 radical (unpaired) electrons. The Labute approximate surface area is 125 Å². The SMILES string of the molecule is CCc1cnc(CNC2c3ccccc3CC2(C)C)s1. The van der Waals surface area contributed by atoms with Crippen LogP contribution in [0.25, 0.3) is 0 Å². The zero-order valence-corrected chi connectivity index (χ0v) is 13.3. The number of aromatic nitrogens is 1. The van der Waals surface area contributed by atoms with Crippen molar-refractivity contribution in [2.45, 2.75) is 46.2 Å². The Morgan fingerprint density at radius 1 is 1.35 bits per heavy atom. The second-order valence-corrected chi connectivity index (χ2v) is 7.45. The van der Waals surface area contributed by atoms with Crippen LogP contribution in [0.15, 0.2) is 30.5 Å². The molecule has 3 rings (SSSR count). The molecule has 1 heterocycles. The molecule has 1 atom stereocenters. The molecule has 2 nitrogen and oxygen atoms in total. The van der Waals surface area contributed by atoms with Crippen LogP contribution in [0.3, 0.4) is 0 Å². The molecule has 0 saturated heterocycles. The number of nitrogens with one attached hydrogen (secondary N) is 1. The average Bonchev–Trinajstić information content (AvgIpc) is 2.97. The lowest BCUT2D eigenvalue weighted by atomic mass is 9.85. The summed E-state index contributed by atoms with van der Waals surface area (Å²) in [4.78, 5) is 5.88. The average molecular weight is 286 g/mol. The number of rotatable bonds is 4. The van der Waals surface area contributed by atoms with Gasteiger partial charge in [0.05, 0.1) is 0 Å². The van der Waals surface area contributed by atoms with Crippen molar-refractivity contribution >= 4 is 11.3 Å². The number of aryl methyl sites for hydroxylation is 1. The quantitative estimate of drug-likeness (QED) is 0.914. The van der Waals surface area contributed by atoms with Gasteiger partial charge in [0.1, 0.15) is 5.01 Å². The third-order valence-corrected chi connectivity index (χ3v) is 5.34. The first-order chi connectivity index (χ1) is 9.60. The van der Waals surface area contributed by atoms with Gasteiger partial charge in [0.15, 0.2) is 0 Å². The van der Waals surface area contributed by atoms with E-state index in [1.54, 1.807) is 0 Å². The fourth-order valence-corrected chi connectivity index (χ4v) is 3.97. The summed E-state index contributed by atoms with van der Waals surface area (Å²) in [7, 11) is 0. The van der Waals surface area contributed by atoms with E-state index in [1.165, 1.54) is 21.0 Å². The van der Waals surface area contributed by atoms with Crippen LogP contribution >= 0.6 is 11.3 Å². The van der Waals surface area contributed by atoms with Crippen molar-refractivity contribution in [1.82, 2.24) is 10.3 Å². The summed E-state index contributed by atoms with van der Waals surface area (Å²) < 4.78 is 0. The van der Waals surface area contributed by atoms with E-state index in [0.29, 0.717) is 6.04 Å². The summed E-state index contributed by atoms with van der Waals surface area (Å²) in [5.74, 6) is 0. The van der Waals surface area contributed by atoms with Gasteiger partial charge in [0.2, 0.25) is 0 Å². The second kappa shape index (κ2) is 5.30. The Morgan fingerprint density at radius 3 is 2.90 bits per heavy atom. The maximum Gasteiger partial charge on any atom is 0.107 e. The smallest absolute Gasteiger partial charge is 0.107 e. The monoisotopic (exact) mass is 286 g/mol. The van der Waals surface area contributed by atoms with Gasteiger partial charge in [-0.15, -0.1) is 11.3 Å². The lowest BCUT2D eigenvalue weighted by Gasteiger charge is -2.28. The highest BCUT2D eigenvalue weighted by atomic mass is 32.1. The molecular weight excluding hydrogens is 264 g/mol. The van der Waals surface area contributed by atoms with Crippen LogP contribution < -0.4 is 5.32 Å². The van der Waals surface area contributed by atoms with Crippen molar-refractivity contribution in [3.63, 3.8) is 0 Å². The molecule has 0 amide bonds. The molecule has 0 bridgehead atoms. The zero-order valence-electron chi connectivity index (χ0n) is 12.4. The van der Waals surface area contributed by atoms with E-state index in [4.69, 9.17) is 0 Å². The third-order valence-electron chi connectivity index (χ3n) is 4.20. The minimum Gasteiger partial charge on any atom is -0.303 e. The Morgan fingerprint density at radius 2 is 2.15 bits per heavy atom. The molecule has 0 spiro atoms. The lowest BCUT2D eigenvalue weighted by molar-refractivity contribution is 0.268. The van der Waals surface area contributed by atoms with Crippen LogP contribution in [-0.4, -0.2) is 4.98 Å². The number of thiazole rings is 1. The van der Waals surface area contributed by atoms with Gasteiger partial charge < -0.3 is 5.32 Å². The van der Waals surface area contributed by atoms with E-state index in [-0.39, 0.29) is 5.41 Å². The summed E-state index contributed by atoms with van der Waals surface area (Å²) in [5.41, 5.74) is 3.22. The van der Waals surface area contributed by atoms with Crippen molar-refractivity contribution in [1.29, 1.82) is 0 Å². The minimum absolute atomic E-state index is 0.272. The van der Waals surface area contributed by atoms with Crippen molar-refractivity contribution in [2.24, 2.45) is 5.41 Å². The number of hydrogen-bond donors (Lipinski definition) is 1.